The molecule has 24 heavy (non-hydrogen) atoms. The van der Waals surface area contributed by atoms with Crippen LogP contribution >= 0.6 is 0 Å². The Kier molecular flexibility index (Phi) is 7.44. The summed E-state index contributed by atoms with van der Waals surface area (Å²) in [5.41, 5.74) is 1.20. The molecule has 4 atom stereocenters. The van der Waals surface area contributed by atoms with E-state index in [0.717, 1.165) is 17.8 Å². The third-order valence-electron chi connectivity index (χ3n) is 7.93. The first-order chi connectivity index (χ1) is 11.4. The first kappa shape index (κ1) is 20.1. The molecule has 0 radical (unpaired) electrons. The van der Waals surface area contributed by atoms with Crippen LogP contribution in [0.3, 0.4) is 0 Å². The van der Waals surface area contributed by atoms with Crippen LogP contribution in [-0.2, 0) is 0 Å². The van der Waals surface area contributed by atoms with Gasteiger partial charge in [0.05, 0.1) is 0 Å². The Balaban J connectivity index is 1.91. The van der Waals surface area contributed by atoms with Gasteiger partial charge in [-0.2, -0.15) is 0 Å². The van der Waals surface area contributed by atoms with Gasteiger partial charge in [-0.25, -0.2) is 0 Å². The van der Waals surface area contributed by atoms with Gasteiger partial charge in [0.15, 0.2) is 0 Å². The molecule has 0 aromatic rings. The van der Waals surface area contributed by atoms with Crippen LogP contribution in [0.1, 0.15) is 112 Å². The molecule has 0 saturated heterocycles. The van der Waals surface area contributed by atoms with Crippen LogP contribution in [0.2, 0.25) is 0 Å². The van der Waals surface area contributed by atoms with Crippen LogP contribution in [0.15, 0.2) is 12.2 Å². The predicted octanol–water partition coefficient (Wildman–Crippen LogP) is 8.17. The molecule has 0 amide bonds. The molecule has 4 unspecified atom stereocenters. The molecule has 0 aromatic heterocycles. The van der Waals surface area contributed by atoms with Crippen molar-refractivity contribution in [1.82, 2.24) is 0 Å². The van der Waals surface area contributed by atoms with E-state index in [2.05, 4.69) is 46.8 Å². The SMILES string of the molecule is CCCCC=CCCCCC12CC(C)C(C)CC1CCCC2(C)C. The number of rotatable bonds is 8. The summed E-state index contributed by atoms with van der Waals surface area (Å²) in [6, 6.07) is 0. The van der Waals surface area contributed by atoms with E-state index in [9.17, 15) is 0 Å². The van der Waals surface area contributed by atoms with Gasteiger partial charge in [-0.05, 0) is 80.0 Å². The highest BCUT2D eigenvalue weighted by Gasteiger charge is 2.54. The summed E-state index contributed by atoms with van der Waals surface area (Å²) in [4.78, 5) is 0. The van der Waals surface area contributed by atoms with Crippen LogP contribution in [-0.4, -0.2) is 0 Å². The van der Waals surface area contributed by atoms with E-state index in [1.54, 1.807) is 0 Å². The molecule has 2 fully saturated rings. The molecule has 2 aliphatic rings. The lowest BCUT2D eigenvalue weighted by Crippen LogP contribution is -2.51. The molecule has 140 valence electrons. The normalized spacial score (nSPS) is 36.0. The van der Waals surface area contributed by atoms with Crippen LogP contribution in [0, 0.1) is 28.6 Å². The predicted molar refractivity (Wildman–Crippen MR) is 108 cm³/mol. The zero-order valence-corrected chi connectivity index (χ0v) is 17.4. The zero-order valence-electron chi connectivity index (χ0n) is 17.4. The summed E-state index contributed by atoms with van der Waals surface area (Å²) in [6.45, 7) is 12.5. The summed E-state index contributed by atoms with van der Waals surface area (Å²) in [6.07, 6.45) is 21.9. The Morgan fingerprint density at radius 3 is 2.38 bits per heavy atom. The molecule has 0 heteroatoms. The van der Waals surface area contributed by atoms with Gasteiger partial charge in [-0.15, -0.1) is 0 Å². The molecule has 0 heterocycles. The number of allylic oxidation sites excluding steroid dienone is 2. The van der Waals surface area contributed by atoms with Crippen molar-refractivity contribution < 1.29 is 0 Å². The molecule has 2 aliphatic carbocycles. The first-order valence-electron chi connectivity index (χ1n) is 11.1. The van der Waals surface area contributed by atoms with Gasteiger partial charge in [0.2, 0.25) is 0 Å². The summed E-state index contributed by atoms with van der Waals surface area (Å²) in [5, 5.41) is 0. The second-order valence-corrected chi connectivity index (χ2v) is 9.88. The summed E-state index contributed by atoms with van der Waals surface area (Å²) in [5.74, 6) is 2.87. The molecule has 2 rings (SSSR count). The van der Waals surface area contributed by atoms with E-state index in [4.69, 9.17) is 0 Å². The van der Waals surface area contributed by atoms with Gasteiger partial charge in [0, 0.05) is 0 Å². The number of hydrogen-bond acceptors (Lipinski definition) is 0. The second-order valence-electron chi connectivity index (χ2n) is 9.88. The summed E-state index contributed by atoms with van der Waals surface area (Å²) in [7, 11) is 0. The van der Waals surface area contributed by atoms with E-state index < -0.39 is 0 Å². The zero-order chi connectivity index (χ0) is 17.6. The molecule has 0 N–H and O–H groups in total. The van der Waals surface area contributed by atoms with Crippen LogP contribution < -0.4 is 0 Å². The quantitative estimate of drug-likeness (QED) is 0.310. The van der Waals surface area contributed by atoms with E-state index in [1.807, 2.05) is 0 Å². The highest BCUT2D eigenvalue weighted by molar-refractivity contribution is 5.04. The summed E-state index contributed by atoms with van der Waals surface area (Å²) >= 11 is 0. The third kappa shape index (κ3) is 4.47. The lowest BCUT2D eigenvalue weighted by atomic mass is 9.44. The van der Waals surface area contributed by atoms with Crippen molar-refractivity contribution in [3.63, 3.8) is 0 Å². The lowest BCUT2D eigenvalue weighted by Gasteiger charge is -2.60. The van der Waals surface area contributed by atoms with Crippen molar-refractivity contribution in [2.45, 2.75) is 112 Å². The van der Waals surface area contributed by atoms with Crippen LogP contribution in [0.5, 0.6) is 0 Å². The lowest BCUT2D eigenvalue weighted by molar-refractivity contribution is -0.107. The van der Waals surface area contributed by atoms with Crippen molar-refractivity contribution in [2.75, 3.05) is 0 Å². The number of fused-ring (bicyclic) bond motifs is 1. The average Bonchev–Trinajstić information content (AvgIpc) is 2.53. The molecule has 0 nitrogen and oxygen atoms in total. The van der Waals surface area contributed by atoms with Gasteiger partial charge in [-0.3, -0.25) is 0 Å². The van der Waals surface area contributed by atoms with Gasteiger partial charge >= 0.3 is 0 Å². The highest BCUT2D eigenvalue weighted by Crippen LogP contribution is 2.63. The monoisotopic (exact) mass is 332 g/mol. The highest BCUT2D eigenvalue weighted by atomic mass is 14.6. The Bertz CT molecular complexity index is 391. The average molecular weight is 333 g/mol. The molecular formula is C24H44. The van der Waals surface area contributed by atoms with E-state index in [0.29, 0.717) is 10.8 Å². The molecular weight excluding hydrogens is 288 g/mol. The molecule has 2 saturated carbocycles. The maximum atomic E-state index is 2.60. The topological polar surface area (TPSA) is 0 Å². The van der Waals surface area contributed by atoms with Crippen LogP contribution in [0.25, 0.3) is 0 Å². The number of unbranched alkanes of at least 4 members (excludes halogenated alkanes) is 4. The molecule has 0 aliphatic heterocycles. The van der Waals surface area contributed by atoms with E-state index in [-0.39, 0.29) is 0 Å². The summed E-state index contributed by atoms with van der Waals surface area (Å²) < 4.78 is 0. The van der Waals surface area contributed by atoms with Crippen molar-refractivity contribution in [3.05, 3.63) is 12.2 Å². The molecule has 0 spiro atoms. The maximum absolute atomic E-state index is 2.60. The first-order valence-corrected chi connectivity index (χ1v) is 11.1. The fourth-order valence-corrected chi connectivity index (χ4v) is 6.02. The number of hydrogen-bond donors (Lipinski definition) is 0. The van der Waals surface area contributed by atoms with Gasteiger partial charge in [0.25, 0.3) is 0 Å². The van der Waals surface area contributed by atoms with Crippen molar-refractivity contribution in [2.24, 2.45) is 28.6 Å². The van der Waals surface area contributed by atoms with Gasteiger partial charge in [-0.1, -0.05) is 72.5 Å². The minimum atomic E-state index is 0.557. The fraction of sp³-hybridized carbons (Fsp3) is 0.917. The van der Waals surface area contributed by atoms with Gasteiger partial charge in [0.1, 0.15) is 0 Å². The Labute approximate surface area is 152 Å². The minimum Gasteiger partial charge on any atom is -0.0885 e. The van der Waals surface area contributed by atoms with Gasteiger partial charge < -0.3 is 0 Å². The minimum absolute atomic E-state index is 0.557. The van der Waals surface area contributed by atoms with Crippen molar-refractivity contribution >= 4 is 0 Å². The third-order valence-corrected chi connectivity index (χ3v) is 7.93. The van der Waals surface area contributed by atoms with Crippen molar-refractivity contribution in [1.29, 1.82) is 0 Å². The maximum Gasteiger partial charge on any atom is -0.0215 e. The Hall–Kier alpha value is -0.260. The largest absolute Gasteiger partial charge is 0.0885 e. The fourth-order valence-electron chi connectivity index (χ4n) is 6.02. The van der Waals surface area contributed by atoms with E-state index in [1.165, 1.54) is 77.0 Å². The molecule has 0 aromatic carbocycles. The Morgan fingerprint density at radius 2 is 1.67 bits per heavy atom. The molecule has 0 bridgehead atoms. The Morgan fingerprint density at radius 1 is 0.958 bits per heavy atom. The smallest absolute Gasteiger partial charge is 0.0215 e. The standard InChI is InChI=1S/C24H44/c1-6-7-8-9-10-11-12-13-17-24-19-21(3)20(2)18-22(24)15-14-16-23(24,4)5/h9-10,20-22H,6-8,11-19H2,1-5H3. The van der Waals surface area contributed by atoms with Crippen molar-refractivity contribution in [3.8, 4) is 0 Å². The van der Waals surface area contributed by atoms with Crippen LogP contribution in [0.4, 0.5) is 0 Å². The van der Waals surface area contributed by atoms with E-state index >= 15 is 0 Å². The second kappa shape index (κ2) is 8.91.